The van der Waals surface area contributed by atoms with Crippen LogP contribution >= 0.6 is 11.6 Å². The summed E-state index contributed by atoms with van der Waals surface area (Å²) in [5.41, 5.74) is 1.02. The molecule has 1 amide bonds. The van der Waals surface area contributed by atoms with E-state index in [0.29, 0.717) is 5.82 Å². The third-order valence-electron chi connectivity index (χ3n) is 2.93. The van der Waals surface area contributed by atoms with Crippen LogP contribution in [0.2, 0.25) is 5.02 Å². The molecule has 0 bridgehead atoms. The number of carbonyl (C=O) groups is 1. The predicted molar refractivity (Wildman–Crippen MR) is 83.7 cm³/mol. The summed E-state index contributed by atoms with van der Waals surface area (Å²) in [4.78, 5) is 22.5. The molecule has 2 aromatic rings. The zero-order chi connectivity index (χ0) is 16.3. The lowest BCUT2D eigenvalue weighted by Crippen LogP contribution is -2.25. The van der Waals surface area contributed by atoms with Crippen molar-refractivity contribution in [2.75, 3.05) is 19.0 Å². The summed E-state index contributed by atoms with van der Waals surface area (Å²) >= 11 is 5.86. The number of benzene rings is 1. The molecule has 0 unspecified atom stereocenters. The molecule has 0 spiro atoms. The Morgan fingerprint density at radius 3 is 2.68 bits per heavy atom. The average molecular weight is 323 g/mol. The summed E-state index contributed by atoms with van der Waals surface area (Å²) in [5, 5.41) is 2.75. The number of amides is 1. The average Bonchev–Trinajstić information content (AvgIpc) is 2.44. The highest BCUT2D eigenvalue weighted by atomic mass is 35.5. The van der Waals surface area contributed by atoms with E-state index in [1.165, 1.54) is 12.1 Å². The summed E-state index contributed by atoms with van der Waals surface area (Å²) in [5.74, 6) is 0.368. The SMILES string of the molecule is Cc1cc(N(C)C)nc(CNC(=O)c2ccc(F)cc2Cl)n1. The van der Waals surface area contributed by atoms with Gasteiger partial charge in [0.1, 0.15) is 17.5 Å². The van der Waals surface area contributed by atoms with Crippen molar-refractivity contribution in [3.05, 3.63) is 52.2 Å². The molecule has 2 rings (SSSR count). The first-order valence-corrected chi connectivity index (χ1v) is 7.00. The first-order valence-electron chi connectivity index (χ1n) is 6.62. The molecule has 5 nitrogen and oxygen atoms in total. The lowest BCUT2D eigenvalue weighted by atomic mass is 10.2. The largest absolute Gasteiger partial charge is 0.363 e. The number of anilines is 1. The van der Waals surface area contributed by atoms with Crippen LogP contribution in [0.1, 0.15) is 21.9 Å². The van der Waals surface area contributed by atoms with Crippen LogP contribution in [-0.4, -0.2) is 30.0 Å². The minimum absolute atomic E-state index is 0.0663. The van der Waals surface area contributed by atoms with Gasteiger partial charge < -0.3 is 10.2 Å². The van der Waals surface area contributed by atoms with Crippen LogP contribution in [0.15, 0.2) is 24.3 Å². The maximum absolute atomic E-state index is 13.0. The Hall–Kier alpha value is -2.21. The molecule has 116 valence electrons. The van der Waals surface area contributed by atoms with Gasteiger partial charge in [-0.25, -0.2) is 14.4 Å². The molecule has 0 fully saturated rings. The van der Waals surface area contributed by atoms with Crippen molar-refractivity contribution >= 4 is 23.3 Å². The second-order valence-electron chi connectivity index (χ2n) is 4.99. The summed E-state index contributed by atoms with van der Waals surface area (Å²) in [6, 6.07) is 5.48. The highest BCUT2D eigenvalue weighted by Gasteiger charge is 2.12. The standard InChI is InChI=1S/C15H16ClFN4O/c1-9-6-14(21(2)3)20-13(19-9)8-18-15(22)11-5-4-10(17)7-12(11)16/h4-7H,8H2,1-3H3,(H,18,22). The molecule has 1 heterocycles. The van der Waals surface area contributed by atoms with Crippen molar-refractivity contribution < 1.29 is 9.18 Å². The molecule has 1 N–H and O–H groups in total. The molecule has 0 aliphatic rings. The second kappa shape index (κ2) is 6.70. The number of hydrogen-bond donors (Lipinski definition) is 1. The molecule has 0 atom stereocenters. The smallest absolute Gasteiger partial charge is 0.253 e. The van der Waals surface area contributed by atoms with Gasteiger partial charge in [-0.15, -0.1) is 0 Å². The predicted octanol–water partition coefficient (Wildman–Crippen LogP) is 2.57. The number of rotatable bonds is 4. The van der Waals surface area contributed by atoms with Crippen LogP contribution in [-0.2, 0) is 6.54 Å². The fraction of sp³-hybridized carbons (Fsp3) is 0.267. The summed E-state index contributed by atoms with van der Waals surface area (Å²) < 4.78 is 13.0. The monoisotopic (exact) mass is 322 g/mol. The Balaban J connectivity index is 2.11. The van der Waals surface area contributed by atoms with E-state index in [4.69, 9.17) is 11.6 Å². The lowest BCUT2D eigenvalue weighted by molar-refractivity contribution is 0.0950. The zero-order valence-electron chi connectivity index (χ0n) is 12.5. The number of nitrogens with one attached hydrogen (secondary N) is 1. The highest BCUT2D eigenvalue weighted by Crippen LogP contribution is 2.17. The molecule has 0 aliphatic carbocycles. The molecular formula is C15H16ClFN4O. The van der Waals surface area contributed by atoms with Crippen molar-refractivity contribution in [2.45, 2.75) is 13.5 Å². The molecule has 1 aromatic carbocycles. The molecule has 22 heavy (non-hydrogen) atoms. The van der Waals surface area contributed by atoms with E-state index in [1.54, 1.807) is 0 Å². The lowest BCUT2D eigenvalue weighted by Gasteiger charge is -2.13. The maximum atomic E-state index is 13.0. The van der Waals surface area contributed by atoms with Gasteiger partial charge in [-0.05, 0) is 25.1 Å². The zero-order valence-corrected chi connectivity index (χ0v) is 13.3. The van der Waals surface area contributed by atoms with E-state index >= 15 is 0 Å². The first kappa shape index (κ1) is 16.2. The minimum atomic E-state index is -0.487. The van der Waals surface area contributed by atoms with E-state index in [9.17, 15) is 9.18 Å². The number of halogens is 2. The number of nitrogens with zero attached hydrogens (tertiary/aromatic N) is 3. The molecule has 1 aromatic heterocycles. The maximum Gasteiger partial charge on any atom is 0.253 e. The van der Waals surface area contributed by atoms with E-state index < -0.39 is 11.7 Å². The van der Waals surface area contributed by atoms with Gasteiger partial charge in [0.05, 0.1) is 17.1 Å². The van der Waals surface area contributed by atoms with Gasteiger partial charge >= 0.3 is 0 Å². The summed E-state index contributed by atoms with van der Waals surface area (Å²) in [6.07, 6.45) is 0. The Labute approximate surface area is 133 Å². The number of aromatic nitrogens is 2. The van der Waals surface area contributed by atoms with Crippen molar-refractivity contribution in [1.29, 1.82) is 0 Å². The van der Waals surface area contributed by atoms with E-state index in [0.717, 1.165) is 17.6 Å². The third kappa shape index (κ3) is 3.92. The Bertz CT molecular complexity index is 706. The topological polar surface area (TPSA) is 58.1 Å². The van der Waals surface area contributed by atoms with Crippen LogP contribution < -0.4 is 10.2 Å². The fourth-order valence-corrected chi connectivity index (χ4v) is 2.10. The molecule has 0 aliphatic heterocycles. The van der Waals surface area contributed by atoms with Crippen LogP contribution in [0.4, 0.5) is 10.2 Å². The van der Waals surface area contributed by atoms with Gasteiger partial charge in [-0.3, -0.25) is 4.79 Å². The normalized spacial score (nSPS) is 10.4. The summed E-state index contributed by atoms with van der Waals surface area (Å²) in [6.45, 7) is 2.02. The quantitative estimate of drug-likeness (QED) is 0.940. The van der Waals surface area contributed by atoms with E-state index in [-0.39, 0.29) is 17.1 Å². The molecule has 0 saturated carbocycles. The number of carbonyl (C=O) groups excluding carboxylic acids is 1. The molecule has 0 radical (unpaired) electrons. The van der Waals surface area contributed by atoms with E-state index in [1.807, 2.05) is 32.0 Å². The summed E-state index contributed by atoms with van der Waals surface area (Å²) in [7, 11) is 3.75. The van der Waals surface area contributed by atoms with Crippen molar-refractivity contribution in [3.63, 3.8) is 0 Å². The van der Waals surface area contributed by atoms with Gasteiger partial charge in [0, 0.05) is 25.9 Å². The Kier molecular flexibility index (Phi) is 4.92. The number of aryl methyl sites for hydroxylation is 1. The van der Waals surface area contributed by atoms with Crippen LogP contribution in [0.5, 0.6) is 0 Å². The van der Waals surface area contributed by atoms with Gasteiger partial charge in [-0.2, -0.15) is 0 Å². The minimum Gasteiger partial charge on any atom is -0.363 e. The van der Waals surface area contributed by atoms with Crippen molar-refractivity contribution in [2.24, 2.45) is 0 Å². The van der Waals surface area contributed by atoms with Crippen molar-refractivity contribution in [3.8, 4) is 0 Å². The highest BCUT2D eigenvalue weighted by molar-refractivity contribution is 6.33. The van der Waals surface area contributed by atoms with Gasteiger partial charge in [0.2, 0.25) is 0 Å². The molecule has 0 saturated heterocycles. The van der Waals surface area contributed by atoms with Crippen LogP contribution in [0.25, 0.3) is 0 Å². The third-order valence-corrected chi connectivity index (χ3v) is 3.24. The van der Waals surface area contributed by atoms with E-state index in [2.05, 4.69) is 15.3 Å². The van der Waals surface area contributed by atoms with Crippen LogP contribution in [0, 0.1) is 12.7 Å². The Morgan fingerprint density at radius 1 is 1.32 bits per heavy atom. The first-order chi connectivity index (χ1) is 10.4. The second-order valence-corrected chi connectivity index (χ2v) is 5.39. The molecule has 7 heteroatoms. The van der Waals surface area contributed by atoms with Crippen molar-refractivity contribution in [1.82, 2.24) is 15.3 Å². The van der Waals surface area contributed by atoms with Gasteiger partial charge in [0.25, 0.3) is 5.91 Å². The van der Waals surface area contributed by atoms with Gasteiger partial charge in [-0.1, -0.05) is 11.6 Å². The fourth-order valence-electron chi connectivity index (χ4n) is 1.85. The molecular weight excluding hydrogens is 307 g/mol. The van der Waals surface area contributed by atoms with Crippen LogP contribution in [0.3, 0.4) is 0 Å². The van der Waals surface area contributed by atoms with Gasteiger partial charge in [0.15, 0.2) is 0 Å². The Morgan fingerprint density at radius 2 is 2.05 bits per heavy atom. The number of hydrogen-bond acceptors (Lipinski definition) is 4.